The molecule has 2 atom stereocenters. The minimum Gasteiger partial charge on any atom is -0.478 e. The van der Waals surface area contributed by atoms with E-state index in [2.05, 4.69) is 35.3 Å². The number of ether oxygens (including phenoxy) is 2. The van der Waals surface area contributed by atoms with E-state index in [1.807, 2.05) is 27.7 Å². The molecule has 18 heteroatoms. The molecule has 0 aliphatic carbocycles. The van der Waals surface area contributed by atoms with Crippen molar-refractivity contribution in [2.45, 2.75) is 52.7 Å². The molecule has 0 radical (unpaired) electrons. The van der Waals surface area contributed by atoms with Gasteiger partial charge in [0.25, 0.3) is 0 Å². The van der Waals surface area contributed by atoms with Crippen molar-refractivity contribution in [1.82, 2.24) is 49.2 Å². The molecule has 0 aromatic carbocycles. The number of carbonyl (C=O) groups is 2. The first-order chi connectivity index (χ1) is 24.3. The summed E-state index contributed by atoms with van der Waals surface area (Å²) in [7, 11) is 3.17. The topological polar surface area (TPSA) is 177 Å². The van der Waals surface area contributed by atoms with Gasteiger partial charge in [-0.15, -0.1) is 4.80 Å². The first kappa shape index (κ1) is 37.7. The van der Waals surface area contributed by atoms with Crippen molar-refractivity contribution in [3.8, 4) is 5.82 Å². The Morgan fingerprint density at radius 1 is 0.765 bits per heavy atom. The standard InChI is InChI=1S/C21H21Cl2N7O2.C12H14ClN3O3/c1-12(2)20(32-3)19-14(11-24-18-9-17(23)28-29(18)19)8-15(31)6-13-7-16(22)21(25-10-13)30-26-4-5-27-30;1-6(2)11(19-3)10-7(12(17)18)5-14-9-4-8(13)15-16(9)10/h4-5,7,9-12,20H,6,8H2,1-3H3;4-6,11H,1-3H3,(H,17,18)/t20-;11-/m11/s1. The van der Waals surface area contributed by atoms with Crippen molar-refractivity contribution >= 4 is 57.8 Å². The molecule has 0 amide bonds. The second kappa shape index (κ2) is 16.2. The number of halogens is 3. The third kappa shape index (κ3) is 8.34. The molecule has 6 heterocycles. The molecule has 0 spiro atoms. The van der Waals surface area contributed by atoms with Gasteiger partial charge in [-0.2, -0.15) is 20.4 Å². The maximum atomic E-state index is 13.0. The van der Waals surface area contributed by atoms with Crippen LogP contribution in [0.5, 0.6) is 0 Å². The molecule has 51 heavy (non-hydrogen) atoms. The summed E-state index contributed by atoms with van der Waals surface area (Å²) in [5, 5.41) is 26.7. The molecule has 0 unspecified atom stereocenters. The molecule has 268 valence electrons. The van der Waals surface area contributed by atoms with Crippen molar-refractivity contribution in [1.29, 1.82) is 0 Å². The molecule has 0 aliphatic rings. The smallest absolute Gasteiger partial charge is 0.339 e. The number of hydrogen-bond donors (Lipinski definition) is 1. The average Bonchev–Trinajstić information content (AvgIpc) is 3.82. The molecule has 0 aliphatic heterocycles. The van der Waals surface area contributed by atoms with Crippen molar-refractivity contribution < 1.29 is 24.2 Å². The predicted octanol–water partition coefficient (Wildman–Crippen LogP) is 6.13. The Morgan fingerprint density at radius 2 is 1.31 bits per heavy atom. The van der Waals surface area contributed by atoms with Crippen molar-refractivity contribution in [2.75, 3.05) is 14.2 Å². The number of methoxy groups -OCH3 is 2. The fraction of sp³-hybridized carbons (Fsp3) is 0.364. The summed E-state index contributed by atoms with van der Waals surface area (Å²) in [5.41, 5.74) is 3.80. The monoisotopic (exact) mass is 756 g/mol. The Kier molecular flexibility index (Phi) is 12.0. The van der Waals surface area contributed by atoms with Gasteiger partial charge in [0.1, 0.15) is 23.6 Å². The van der Waals surface area contributed by atoms with Crippen LogP contribution in [0.4, 0.5) is 0 Å². The minimum atomic E-state index is -1.07. The lowest BCUT2D eigenvalue weighted by molar-refractivity contribution is -0.117. The van der Waals surface area contributed by atoms with E-state index >= 15 is 0 Å². The van der Waals surface area contributed by atoms with Crippen molar-refractivity contribution in [3.63, 3.8) is 0 Å². The molecule has 15 nitrogen and oxygen atoms in total. The van der Waals surface area contributed by atoms with Crippen molar-refractivity contribution in [2.24, 2.45) is 11.8 Å². The molecule has 0 saturated carbocycles. The van der Waals surface area contributed by atoms with Crippen molar-refractivity contribution in [3.05, 3.63) is 92.6 Å². The summed E-state index contributed by atoms with van der Waals surface area (Å²) in [6.45, 7) is 7.97. The zero-order valence-corrected chi connectivity index (χ0v) is 30.8. The van der Waals surface area contributed by atoms with Crippen LogP contribution in [-0.2, 0) is 27.1 Å². The highest BCUT2D eigenvalue weighted by molar-refractivity contribution is 6.32. The molecule has 6 rings (SSSR count). The van der Waals surface area contributed by atoms with Crippen LogP contribution in [0.3, 0.4) is 0 Å². The van der Waals surface area contributed by atoms with Crippen LogP contribution in [0, 0.1) is 11.8 Å². The number of carbonyl (C=O) groups excluding carboxylic acids is 1. The fourth-order valence-corrected chi connectivity index (χ4v) is 6.31. The normalized spacial score (nSPS) is 12.8. The van der Waals surface area contributed by atoms with E-state index in [-0.39, 0.29) is 47.3 Å². The Hall–Kier alpha value is -4.54. The van der Waals surface area contributed by atoms with Gasteiger partial charge in [-0.25, -0.2) is 28.8 Å². The average molecular weight is 758 g/mol. The van der Waals surface area contributed by atoms with Gasteiger partial charge in [0.15, 0.2) is 27.4 Å². The first-order valence-corrected chi connectivity index (χ1v) is 16.8. The van der Waals surface area contributed by atoms with Crippen LogP contribution in [-0.4, -0.2) is 80.3 Å². The number of hydrogen-bond acceptors (Lipinski definition) is 11. The number of aromatic carboxylic acids is 1. The minimum absolute atomic E-state index is 0.0212. The fourth-order valence-electron chi connectivity index (χ4n) is 5.70. The van der Waals surface area contributed by atoms with Crippen LogP contribution >= 0.6 is 34.8 Å². The summed E-state index contributed by atoms with van der Waals surface area (Å²) in [4.78, 5) is 38.4. The molecule has 0 bridgehead atoms. The van der Waals surface area contributed by atoms with E-state index in [9.17, 15) is 14.7 Å². The third-order valence-corrected chi connectivity index (χ3v) is 8.47. The molecule has 0 saturated heterocycles. The highest BCUT2D eigenvalue weighted by Crippen LogP contribution is 2.31. The lowest BCUT2D eigenvalue weighted by Gasteiger charge is -2.23. The lowest BCUT2D eigenvalue weighted by atomic mass is 9.96. The molecule has 6 aromatic rings. The second-order valence-electron chi connectivity index (χ2n) is 12.2. The quantitative estimate of drug-likeness (QED) is 0.151. The largest absolute Gasteiger partial charge is 0.478 e. The van der Waals surface area contributed by atoms with Crippen LogP contribution < -0.4 is 0 Å². The van der Waals surface area contributed by atoms with E-state index in [0.717, 1.165) is 11.3 Å². The zero-order valence-electron chi connectivity index (χ0n) is 28.5. The number of rotatable bonds is 12. The first-order valence-electron chi connectivity index (χ1n) is 15.7. The highest BCUT2D eigenvalue weighted by atomic mass is 35.5. The maximum Gasteiger partial charge on any atom is 0.339 e. The summed E-state index contributed by atoms with van der Waals surface area (Å²) in [6.07, 6.45) is 7.29. The van der Waals surface area contributed by atoms with E-state index in [0.29, 0.717) is 38.5 Å². The number of carboxylic acid groups (broad SMARTS) is 1. The lowest BCUT2D eigenvalue weighted by Crippen LogP contribution is -2.19. The highest BCUT2D eigenvalue weighted by Gasteiger charge is 2.27. The van der Waals surface area contributed by atoms with Gasteiger partial charge in [0.05, 0.1) is 28.8 Å². The van der Waals surface area contributed by atoms with E-state index < -0.39 is 12.1 Å². The number of nitrogens with zero attached hydrogens (tertiary/aromatic N) is 10. The number of pyridine rings is 1. The SMILES string of the molecule is CO[C@@H](c1c(C(=O)O)cnc2cc(Cl)nn12)C(C)C.CO[C@@H](c1c(CC(=O)Cc2cnc(-n3nccn3)c(Cl)c2)cnc2cc(Cl)nn12)C(C)C. The Labute approximate surface area is 307 Å². The number of fused-ring (bicyclic) bond motifs is 2. The third-order valence-electron chi connectivity index (χ3n) is 7.83. The summed E-state index contributed by atoms with van der Waals surface area (Å²) >= 11 is 18.3. The van der Waals surface area contributed by atoms with Gasteiger partial charge >= 0.3 is 5.97 Å². The van der Waals surface area contributed by atoms with Crippen LogP contribution in [0.15, 0.2) is 49.2 Å². The zero-order chi connectivity index (χ0) is 37.0. The van der Waals surface area contributed by atoms with Gasteiger partial charge in [-0.05, 0) is 23.5 Å². The second-order valence-corrected chi connectivity index (χ2v) is 13.3. The number of carboxylic acids is 1. The van der Waals surface area contributed by atoms with E-state index in [1.54, 1.807) is 42.2 Å². The Morgan fingerprint density at radius 3 is 1.84 bits per heavy atom. The molecule has 1 N–H and O–H groups in total. The summed E-state index contributed by atoms with van der Waals surface area (Å²) in [6, 6.07) is 4.95. The molecular weight excluding hydrogens is 723 g/mol. The van der Waals surface area contributed by atoms with Gasteiger partial charge in [0.2, 0.25) is 0 Å². The molecule has 0 fully saturated rings. The number of aromatic nitrogens is 10. The summed E-state index contributed by atoms with van der Waals surface area (Å²) < 4.78 is 14.2. The molecule has 6 aromatic heterocycles. The van der Waals surface area contributed by atoms with Crippen LogP contribution in [0.1, 0.15) is 72.8 Å². The maximum absolute atomic E-state index is 13.0. The van der Waals surface area contributed by atoms with Crippen LogP contribution in [0.2, 0.25) is 15.3 Å². The van der Waals surface area contributed by atoms with Gasteiger partial charge in [-0.1, -0.05) is 62.5 Å². The molecular formula is C33H35Cl3N10O5. The Balaban J connectivity index is 0.000000226. The van der Waals surface area contributed by atoms with Crippen LogP contribution in [0.25, 0.3) is 17.1 Å². The summed E-state index contributed by atoms with van der Waals surface area (Å²) in [5.74, 6) is -0.461. The predicted molar refractivity (Wildman–Crippen MR) is 189 cm³/mol. The van der Waals surface area contributed by atoms with E-state index in [4.69, 9.17) is 44.3 Å². The van der Waals surface area contributed by atoms with Gasteiger partial charge < -0.3 is 14.6 Å². The van der Waals surface area contributed by atoms with E-state index in [1.165, 1.54) is 35.0 Å². The number of ketones is 1. The van der Waals surface area contributed by atoms with Gasteiger partial charge in [-0.3, -0.25) is 4.79 Å². The van der Waals surface area contributed by atoms with Gasteiger partial charge in [0, 0.05) is 63.3 Å². The Bertz CT molecular complexity index is 2170. The number of Topliss-reactive ketones (excluding diaryl/α,β-unsaturated/α-hetero) is 1.